The van der Waals surface area contributed by atoms with Crippen molar-refractivity contribution in [2.24, 2.45) is 0 Å². The number of pyridine rings is 2. The van der Waals surface area contributed by atoms with Gasteiger partial charge in [0.2, 0.25) is 5.91 Å². The number of fused-ring (bicyclic) bond motifs is 1. The van der Waals surface area contributed by atoms with Gasteiger partial charge < -0.3 is 15.1 Å². The van der Waals surface area contributed by atoms with E-state index in [1.165, 1.54) is 23.5 Å². The molecule has 0 unspecified atom stereocenters. The van der Waals surface area contributed by atoms with Gasteiger partial charge in [-0.2, -0.15) is 0 Å². The number of amides is 1. The molecule has 186 valence electrons. The monoisotopic (exact) mass is 509 g/mol. The molecule has 4 heterocycles. The van der Waals surface area contributed by atoms with Gasteiger partial charge in [0.1, 0.15) is 33.6 Å². The number of nitrogens with zero attached hydrogens (tertiary/aromatic N) is 6. The van der Waals surface area contributed by atoms with Crippen molar-refractivity contribution in [3.63, 3.8) is 0 Å². The third-order valence-electron chi connectivity index (χ3n) is 6.14. The standard InChI is InChI=1S/C25H25F2N7OS/c1-16(35)34-11-9-33(10-12-34)15-17-3-7-22(28-14-17)30-25-29-20-5-8-23(31-24(20)36-25)32(2)21-6-4-18(26)13-19(21)27/h3-8,13-14H,9-12,15H2,1-2H3,(H,28,29,30). The van der Waals surface area contributed by atoms with Crippen molar-refractivity contribution < 1.29 is 13.6 Å². The first kappa shape index (κ1) is 24.0. The van der Waals surface area contributed by atoms with Crippen molar-refractivity contribution in [1.29, 1.82) is 0 Å². The van der Waals surface area contributed by atoms with Crippen LogP contribution in [0.25, 0.3) is 10.3 Å². The van der Waals surface area contributed by atoms with E-state index in [4.69, 9.17) is 0 Å². The SMILES string of the molecule is CC(=O)N1CCN(Cc2ccc(Nc3nc4ccc(N(C)c5ccc(F)cc5F)nc4s3)nc2)CC1. The molecular formula is C25H25F2N7OS. The maximum atomic E-state index is 14.2. The van der Waals surface area contributed by atoms with Crippen LogP contribution in [0, 0.1) is 11.6 Å². The van der Waals surface area contributed by atoms with E-state index in [-0.39, 0.29) is 11.6 Å². The highest BCUT2D eigenvalue weighted by atomic mass is 32.1. The molecule has 0 atom stereocenters. The fourth-order valence-corrected chi connectivity index (χ4v) is 4.95. The van der Waals surface area contributed by atoms with Crippen LogP contribution in [0.4, 0.5) is 31.2 Å². The minimum atomic E-state index is -0.654. The number of halogens is 2. The van der Waals surface area contributed by atoms with Crippen molar-refractivity contribution in [3.8, 4) is 0 Å². The molecule has 0 radical (unpaired) electrons. The maximum absolute atomic E-state index is 14.2. The summed E-state index contributed by atoms with van der Waals surface area (Å²) in [6, 6.07) is 11.0. The normalized spacial score (nSPS) is 14.3. The third kappa shape index (κ3) is 5.26. The van der Waals surface area contributed by atoms with E-state index >= 15 is 0 Å². The van der Waals surface area contributed by atoms with Crippen LogP contribution in [-0.2, 0) is 11.3 Å². The van der Waals surface area contributed by atoms with Crippen LogP contribution in [0.5, 0.6) is 0 Å². The molecule has 1 aliphatic rings. The number of hydrogen-bond donors (Lipinski definition) is 1. The number of aromatic nitrogens is 3. The predicted octanol–water partition coefficient (Wildman–Crippen LogP) is 4.54. The molecule has 1 saturated heterocycles. The number of hydrogen-bond acceptors (Lipinski definition) is 8. The van der Waals surface area contributed by atoms with Crippen LogP contribution in [-0.4, -0.2) is 63.9 Å². The van der Waals surface area contributed by atoms with Crippen molar-refractivity contribution in [3.05, 3.63) is 65.9 Å². The Morgan fingerprint density at radius 3 is 2.58 bits per heavy atom. The number of rotatable bonds is 6. The molecule has 1 fully saturated rings. The fourth-order valence-electron chi connectivity index (χ4n) is 4.10. The highest BCUT2D eigenvalue weighted by molar-refractivity contribution is 7.21. The van der Waals surface area contributed by atoms with E-state index in [0.717, 1.165) is 44.4 Å². The molecule has 0 spiro atoms. The molecule has 36 heavy (non-hydrogen) atoms. The summed E-state index contributed by atoms with van der Waals surface area (Å²) < 4.78 is 27.5. The first-order valence-corrected chi connectivity index (χ1v) is 12.3. The molecule has 0 bridgehead atoms. The number of benzene rings is 1. The van der Waals surface area contributed by atoms with Gasteiger partial charge >= 0.3 is 0 Å². The highest BCUT2D eigenvalue weighted by Gasteiger charge is 2.19. The predicted molar refractivity (Wildman–Crippen MR) is 137 cm³/mol. The first-order chi connectivity index (χ1) is 17.4. The molecule has 11 heteroatoms. The van der Waals surface area contributed by atoms with Gasteiger partial charge in [-0.3, -0.25) is 9.69 Å². The fraction of sp³-hybridized carbons (Fsp3) is 0.280. The summed E-state index contributed by atoms with van der Waals surface area (Å²) in [7, 11) is 1.68. The Hall–Kier alpha value is -3.70. The summed E-state index contributed by atoms with van der Waals surface area (Å²) in [5.74, 6) is 0.0424. The minimum Gasteiger partial charge on any atom is -0.340 e. The van der Waals surface area contributed by atoms with Gasteiger partial charge in [-0.15, -0.1) is 0 Å². The summed E-state index contributed by atoms with van der Waals surface area (Å²) >= 11 is 1.37. The first-order valence-electron chi connectivity index (χ1n) is 11.5. The van der Waals surface area contributed by atoms with Crippen molar-refractivity contribution in [1.82, 2.24) is 24.8 Å². The summed E-state index contributed by atoms with van der Waals surface area (Å²) in [5, 5.41) is 3.87. The number of nitrogens with one attached hydrogen (secondary N) is 1. The van der Waals surface area contributed by atoms with Gasteiger partial charge in [0.15, 0.2) is 5.13 Å². The van der Waals surface area contributed by atoms with Crippen molar-refractivity contribution in [2.75, 3.05) is 43.4 Å². The second-order valence-corrected chi connectivity index (χ2v) is 9.60. The van der Waals surface area contributed by atoms with Crippen molar-refractivity contribution >= 4 is 50.0 Å². The summed E-state index contributed by atoms with van der Waals surface area (Å²) in [6.07, 6.45) is 1.84. The molecule has 3 aromatic heterocycles. The maximum Gasteiger partial charge on any atom is 0.219 e. The number of anilines is 4. The number of piperazine rings is 1. The number of carbonyl (C=O) groups excluding carboxylic acids is 1. The van der Waals surface area contributed by atoms with Crippen LogP contribution in [0.3, 0.4) is 0 Å². The molecule has 1 aliphatic heterocycles. The van der Waals surface area contributed by atoms with Crippen LogP contribution in [0.1, 0.15) is 12.5 Å². The van der Waals surface area contributed by atoms with Gasteiger partial charge in [-0.05, 0) is 35.9 Å². The zero-order valence-electron chi connectivity index (χ0n) is 19.9. The minimum absolute atomic E-state index is 0.127. The Morgan fingerprint density at radius 2 is 1.89 bits per heavy atom. The van der Waals surface area contributed by atoms with E-state index in [2.05, 4.69) is 25.2 Å². The molecular weight excluding hydrogens is 484 g/mol. The second kappa shape index (κ2) is 10.1. The lowest BCUT2D eigenvalue weighted by molar-refractivity contribution is -0.130. The lowest BCUT2D eigenvalue weighted by atomic mass is 10.2. The van der Waals surface area contributed by atoms with E-state index in [0.29, 0.717) is 27.1 Å². The Bertz CT molecular complexity index is 1390. The summed E-state index contributed by atoms with van der Waals surface area (Å²) in [6.45, 7) is 5.61. The van der Waals surface area contributed by atoms with Crippen LogP contribution < -0.4 is 10.2 Å². The Morgan fingerprint density at radius 1 is 1.08 bits per heavy atom. The Kier molecular flexibility index (Phi) is 6.75. The quantitative estimate of drug-likeness (QED) is 0.409. The molecule has 1 aromatic carbocycles. The van der Waals surface area contributed by atoms with E-state index in [1.54, 1.807) is 24.9 Å². The van der Waals surface area contributed by atoms with E-state index in [9.17, 15) is 13.6 Å². The van der Waals surface area contributed by atoms with Crippen molar-refractivity contribution in [2.45, 2.75) is 13.5 Å². The highest BCUT2D eigenvalue weighted by Crippen LogP contribution is 2.31. The van der Waals surface area contributed by atoms with Gasteiger partial charge in [-0.1, -0.05) is 17.4 Å². The third-order valence-corrected chi connectivity index (χ3v) is 7.02. The lowest BCUT2D eigenvalue weighted by Crippen LogP contribution is -2.47. The Labute approximate surface area is 211 Å². The van der Waals surface area contributed by atoms with Crippen LogP contribution >= 0.6 is 11.3 Å². The van der Waals surface area contributed by atoms with Gasteiger partial charge in [0.25, 0.3) is 0 Å². The molecule has 8 nitrogen and oxygen atoms in total. The summed E-state index contributed by atoms with van der Waals surface area (Å²) in [5.41, 5.74) is 2.04. The van der Waals surface area contributed by atoms with Gasteiger partial charge in [0, 0.05) is 59.0 Å². The Balaban J connectivity index is 1.24. The number of carbonyl (C=O) groups is 1. The smallest absolute Gasteiger partial charge is 0.219 e. The zero-order chi connectivity index (χ0) is 25.2. The molecule has 5 rings (SSSR count). The molecule has 1 N–H and O–H groups in total. The molecule has 4 aromatic rings. The van der Waals surface area contributed by atoms with Crippen LogP contribution in [0.2, 0.25) is 0 Å². The largest absolute Gasteiger partial charge is 0.340 e. The second-order valence-electron chi connectivity index (χ2n) is 8.63. The summed E-state index contributed by atoms with van der Waals surface area (Å²) in [4.78, 5) is 31.6. The van der Waals surface area contributed by atoms with E-state index in [1.807, 2.05) is 29.3 Å². The number of thiazole rings is 1. The lowest BCUT2D eigenvalue weighted by Gasteiger charge is -2.34. The topological polar surface area (TPSA) is 77.5 Å². The molecule has 0 aliphatic carbocycles. The van der Waals surface area contributed by atoms with Gasteiger partial charge in [-0.25, -0.2) is 23.7 Å². The molecule has 1 amide bonds. The average molecular weight is 510 g/mol. The van der Waals surface area contributed by atoms with Crippen LogP contribution in [0.15, 0.2) is 48.7 Å². The van der Waals surface area contributed by atoms with Gasteiger partial charge in [0.05, 0.1) is 5.69 Å². The molecule has 0 saturated carbocycles. The average Bonchev–Trinajstić information content (AvgIpc) is 3.27. The zero-order valence-corrected chi connectivity index (χ0v) is 20.7. The van der Waals surface area contributed by atoms with E-state index < -0.39 is 11.6 Å².